The highest BCUT2D eigenvalue weighted by atomic mass is 127. The van der Waals surface area contributed by atoms with Crippen molar-refractivity contribution in [1.82, 2.24) is 15.1 Å². The summed E-state index contributed by atoms with van der Waals surface area (Å²) in [4.78, 5) is 9.76. The average Bonchev–Trinajstić information content (AvgIpc) is 3.41. The third-order valence-corrected chi connectivity index (χ3v) is 4.84. The second kappa shape index (κ2) is 9.61. The second-order valence-corrected chi connectivity index (χ2v) is 6.57. The largest absolute Gasteiger partial charge is 0.354 e. The Morgan fingerprint density at radius 1 is 1.12 bits per heavy atom. The van der Waals surface area contributed by atoms with E-state index in [1.54, 1.807) is 0 Å². The van der Waals surface area contributed by atoms with Gasteiger partial charge in [0.1, 0.15) is 0 Å². The Bertz CT molecular complexity index is 507. The number of hydrogen-bond donors (Lipinski definition) is 1. The number of piperazine rings is 1. The van der Waals surface area contributed by atoms with Gasteiger partial charge in [-0.05, 0) is 31.7 Å². The number of benzene rings is 1. The van der Waals surface area contributed by atoms with Gasteiger partial charge >= 0.3 is 0 Å². The second-order valence-electron chi connectivity index (χ2n) is 6.57. The van der Waals surface area contributed by atoms with Crippen LogP contribution in [0.4, 0.5) is 0 Å². The Balaban J connectivity index is 0.00000208. The van der Waals surface area contributed by atoms with Crippen molar-refractivity contribution < 1.29 is 0 Å². The summed E-state index contributed by atoms with van der Waals surface area (Å²) in [5.41, 5.74) is 1.45. The van der Waals surface area contributed by atoms with Gasteiger partial charge in [0.15, 0.2) is 5.96 Å². The third-order valence-electron chi connectivity index (χ3n) is 4.84. The van der Waals surface area contributed by atoms with E-state index >= 15 is 0 Å². The van der Waals surface area contributed by atoms with Crippen molar-refractivity contribution in [2.45, 2.75) is 45.2 Å². The Kier molecular flexibility index (Phi) is 7.81. The summed E-state index contributed by atoms with van der Waals surface area (Å²) in [6.07, 6.45) is 3.77. The van der Waals surface area contributed by atoms with Gasteiger partial charge in [-0.15, -0.1) is 24.0 Å². The number of guanidine groups is 1. The molecule has 24 heavy (non-hydrogen) atoms. The first kappa shape index (κ1) is 19.5. The lowest BCUT2D eigenvalue weighted by Gasteiger charge is -2.40. The van der Waals surface area contributed by atoms with Crippen molar-refractivity contribution >= 4 is 29.9 Å². The van der Waals surface area contributed by atoms with E-state index in [-0.39, 0.29) is 24.0 Å². The van der Waals surface area contributed by atoms with E-state index in [0.29, 0.717) is 12.1 Å². The molecule has 2 aliphatic rings. The smallest absolute Gasteiger partial charge is 0.194 e. The van der Waals surface area contributed by atoms with Crippen LogP contribution in [0.5, 0.6) is 0 Å². The molecule has 1 aliphatic carbocycles. The van der Waals surface area contributed by atoms with Gasteiger partial charge in [-0.2, -0.15) is 0 Å². The van der Waals surface area contributed by atoms with Crippen molar-refractivity contribution in [3.05, 3.63) is 35.9 Å². The molecule has 0 aromatic heterocycles. The maximum Gasteiger partial charge on any atom is 0.194 e. The van der Waals surface area contributed by atoms with Crippen molar-refractivity contribution in [3.8, 4) is 0 Å². The highest BCUT2D eigenvalue weighted by molar-refractivity contribution is 14.0. The first-order valence-electron chi connectivity index (χ1n) is 9.16. The van der Waals surface area contributed by atoms with Crippen LogP contribution in [0.25, 0.3) is 0 Å². The summed E-state index contributed by atoms with van der Waals surface area (Å²) in [7, 11) is 0. The fourth-order valence-electron chi connectivity index (χ4n) is 3.42. The molecule has 0 amide bonds. The summed E-state index contributed by atoms with van der Waals surface area (Å²) in [6, 6.07) is 12.1. The van der Waals surface area contributed by atoms with Gasteiger partial charge in [0.25, 0.3) is 0 Å². The zero-order valence-corrected chi connectivity index (χ0v) is 17.3. The number of halogens is 1. The number of nitrogens with one attached hydrogen (secondary N) is 1. The van der Waals surface area contributed by atoms with Crippen LogP contribution in [0, 0.1) is 0 Å². The molecule has 1 aromatic carbocycles. The van der Waals surface area contributed by atoms with Crippen LogP contribution < -0.4 is 5.32 Å². The van der Waals surface area contributed by atoms with E-state index in [4.69, 9.17) is 0 Å². The van der Waals surface area contributed by atoms with Crippen molar-refractivity contribution in [3.63, 3.8) is 0 Å². The predicted octanol–water partition coefficient (Wildman–Crippen LogP) is 3.50. The van der Waals surface area contributed by atoms with Gasteiger partial charge in [0.05, 0.1) is 0 Å². The van der Waals surface area contributed by atoms with Crippen LogP contribution in [0.1, 0.15) is 44.7 Å². The number of nitrogens with zero attached hydrogens (tertiary/aromatic N) is 3. The standard InChI is InChI=1S/C19H30N4.HI/c1-3-18(16-8-6-5-7-9-16)22-12-14-23(15-13-22)19(20-4-2)21-17-10-11-17;/h5-9,17-18H,3-4,10-15H2,1-2H3,(H,20,21);1H. The first-order valence-corrected chi connectivity index (χ1v) is 9.16. The summed E-state index contributed by atoms with van der Waals surface area (Å²) in [6.45, 7) is 9.64. The highest BCUT2D eigenvalue weighted by Crippen LogP contribution is 2.25. The SMILES string of the molecule is CCN=C(NC1CC1)N1CCN(C(CC)c2ccccc2)CC1.I. The van der Waals surface area contributed by atoms with Crippen LogP contribution in [-0.2, 0) is 0 Å². The Labute approximate surface area is 163 Å². The molecule has 1 heterocycles. The Hall–Kier alpha value is -0.820. The van der Waals surface area contributed by atoms with Gasteiger partial charge in [0.2, 0.25) is 0 Å². The summed E-state index contributed by atoms with van der Waals surface area (Å²) in [5, 5.41) is 3.61. The molecule has 5 heteroatoms. The molecule has 0 spiro atoms. The lowest BCUT2D eigenvalue weighted by atomic mass is 10.0. The van der Waals surface area contributed by atoms with Crippen molar-refractivity contribution in [2.24, 2.45) is 4.99 Å². The lowest BCUT2D eigenvalue weighted by Crippen LogP contribution is -2.53. The van der Waals surface area contributed by atoms with E-state index in [2.05, 4.69) is 64.3 Å². The highest BCUT2D eigenvalue weighted by Gasteiger charge is 2.28. The zero-order valence-electron chi connectivity index (χ0n) is 14.9. The summed E-state index contributed by atoms with van der Waals surface area (Å²) in [5.74, 6) is 1.13. The first-order chi connectivity index (χ1) is 11.3. The fourth-order valence-corrected chi connectivity index (χ4v) is 3.42. The van der Waals surface area contributed by atoms with Gasteiger partial charge < -0.3 is 10.2 Å². The van der Waals surface area contributed by atoms with Crippen LogP contribution in [0.3, 0.4) is 0 Å². The molecule has 1 saturated heterocycles. The number of rotatable bonds is 5. The molecule has 1 saturated carbocycles. The molecule has 0 bridgehead atoms. The molecule has 3 rings (SSSR count). The summed E-state index contributed by atoms with van der Waals surface area (Å²) < 4.78 is 0. The molecular formula is C19H31IN4. The van der Waals surface area contributed by atoms with E-state index in [1.165, 1.54) is 24.8 Å². The normalized spacial score (nSPS) is 20.4. The van der Waals surface area contributed by atoms with E-state index in [9.17, 15) is 0 Å². The third kappa shape index (κ3) is 5.09. The van der Waals surface area contributed by atoms with E-state index in [0.717, 1.165) is 38.7 Å². The zero-order chi connectivity index (χ0) is 16.1. The minimum atomic E-state index is 0. The number of hydrogen-bond acceptors (Lipinski definition) is 2. The van der Waals surface area contributed by atoms with Crippen molar-refractivity contribution in [2.75, 3.05) is 32.7 Å². The molecule has 2 fully saturated rings. The van der Waals surface area contributed by atoms with Crippen molar-refractivity contribution in [1.29, 1.82) is 0 Å². The minimum Gasteiger partial charge on any atom is -0.354 e. The predicted molar refractivity (Wildman–Crippen MR) is 112 cm³/mol. The van der Waals surface area contributed by atoms with Crippen LogP contribution in [-0.4, -0.2) is 54.5 Å². The maximum absolute atomic E-state index is 4.69. The van der Waals surface area contributed by atoms with Gasteiger partial charge in [-0.25, -0.2) is 0 Å². The average molecular weight is 442 g/mol. The molecule has 1 unspecified atom stereocenters. The minimum absolute atomic E-state index is 0. The molecule has 1 aliphatic heterocycles. The molecule has 1 aromatic rings. The molecular weight excluding hydrogens is 411 g/mol. The Morgan fingerprint density at radius 3 is 2.33 bits per heavy atom. The van der Waals surface area contributed by atoms with Gasteiger partial charge in [-0.3, -0.25) is 9.89 Å². The van der Waals surface area contributed by atoms with Crippen LogP contribution in [0.15, 0.2) is 35.3 Å². The van der Waals surface area contributed by atoms with Crippen LogP contribution >= 0.6 is 24.0 Å². The maximum atomic E-state index is 4.69. The monoisotopic (exact) mass is 442 g/mol. The van der Waals surface area contributed by atoms with E-state index < -0.39 is 0 Å². The molecule has 134 valence electrons. The number of aliphatic imine (C=N–C) groups is 1. The van der Waals surface area contributed by atoms with E-state index in [1.807, 2.05) is 0 Å². The lowest BCUT2D eigenvalue weighted by molar-refractivity contribution is 0.127. The van der Waals surface area contributed by atoms with Gasteiger partial charge in [0, 0.05) is 44.8 Å². The molecule has 1 N–H and O–H groups in total. The Morgan fingerprint density at radius 2 is 1.79 bits per heavy atom. The molecule has 4 nitrogen and oxygen atoms in total. The summed E-state index contributed by atoms with van der Waals surface area (Å²) >= 11 is 0. The molecule has 0 radical (unpaired) electrons. The topological polar surface area (TPSA) is 30.9 Å². The van der Waals surface area contributed by atoms with Gasteiger partial charge in [-0.1, -0.05) is 37.3 Å². The van der Waals surface area contributed by atoms with Crippen LogP contribution in [0.2, 0.25) is 0 Å². The fraction of sp³-hybridized carbons (Fsp3) is 0.632. The quantitative estimate of drug-likeness (QED) is 0.430. The molecule has 1 atom stereocenters.